The highest BCUT2D eigenvalue weighted by Crippen LogP contribution is 2.67. The van der Waals surface area contributed by atoms with E-state index < -0.39 is 0 Å². The summed E-state index contributed by atoms with van der Waals surface area (Å²) in [5.74, 6) is 5.32. The molecule has 8 heteroatoms. The third kappa shape index (κ3) is 20.1. The van der Waals surface area contributed by atoms with E-state index in [-0.39, 0.29) is 6.10 Å². The normalized spacial score (nSPS) is 28.6. The molecule has 0 amide bonds. The molecule has 1 heterocycles. The van der Waals surface area contributed by atoms with Crippen LogP contribution in [0.4, 0.5) is 0 Å². The van der Waals surface area contributed by atoms with Crippen LogP contribution in [-0.2, 0) is 33.2 Å². The largest absolute Gasteiger partial charge is 0.379 e. The summed E-state index contributed by atoms with van der Waals surface area (Å²) < 4.78 is 42.0. The van der Waals surface area contributed by atoms with Crippen molar-refractivity contribution in [3.8, 4) is 0 Å². The number of ether oxygens (including phenoxy) is 7. The van der Waals surface area contributed by atoms with Gasteiger partial charge in [-0.05, 0) is 136 Å². The van der Waals surface area contributed by atoms with Crippen LogP contribution in [0.2, 0.25) is 0 Å². The van der Waals surface area contributed by atoms with Crippen molar-refractivity contribution in [3.63, 3.8) is 0 Å². The van der Waals surface area contributed by atoms with Gasteiger partial charge in [-0.2, -0.15) is 0 Å². The molecule has 0 spiro atoms. The molecule has 9 atom stereocenters. The van der Waals surface area contributed by atoms with Gasteiger partial charge in [0.15, 0.2) is 0 Å². The van der Waals surface area contributed by atoms with Crippen molar-refractivity contribution in [1.82, 2.24) is 4.90 Å². The number of hydrogen-bond donors (Lipinski definition) is 0. The standard InChI is InChI=1S/C60H107NO7/c1-7-8-9-10-11-12-13-14-15-16-17-18-19-20-21-22-36-66-49-54(48-61-34-37-62-38-35-61)68-46-44-65-42-40-63-39-41-64-43-45-67-53-30-32-59(5)52(47-53)26-27-55-57-29-28-56(51(4)25-23-24-50(2)3)60(57,6)33-31-58(55)59/h11-12,14-15,26,50-51,53-58H,7-10,13,16-25,27-49H2,1-6H3/b12-11-,15-14-/t51-,53+,54?,55+,56-,57+,58+,59+,60-/m1/s1. The lowest BCUT2D eigenvalue weighted by Gasteiger charge is -2.58. The molecule has 394 valence electrons. The molecule has 0 aromatic rings. The quantitative estimate of drug-likeness (QED) is 0.0448. The molecule has 1 aliphatic heterocycles. The van der Waals surface area contributed by atoms with Crippen molar-refractivity contribution >= 4 is 0 Å². The number of unbranched alkanes of at least 4 members (excludes halogenated alkanes) is 9. The maximum absolute atomic E-state index is 6.44. The Morgan fingerprint density at radius 3 is 2.07 bits per heavy atom. The molecule has 1 saturated heterocycles. The van der Waals surface area contributed by atoms with E-state index in [1.54, 1.807) is 5.57 Å². The number of morpholine rings is 1. The molecule has 0 bridgehead atoms. The first kappa shape index (κ1) is 57.8. The molecule has 5 aliphatic rings. The van der Waals surface area contributed by atoms with E-state index in [1.165, 1.54) is 128 Å². The zero-order valence-electron chi connectivity index (χ0n) is 45.2. The lowest BCUT2D eigenvalue weighted by Crippen LogP contribution is -2.51. The second-order valence-corrected chi connectivity index (χ2v) is 22.9. The maximum Gasteiger partial charge on any atom is 0.0936 e. The molecule has 0 radical (unpaired) electrons. The number of rotatable bonds is 38. The Morgan fingerprint density at radius 2 is 1.35 bits per heavy atom. The lowest BCUT2D eigenvalue weighted by atomic mass is 9.47. The summed E-state index contributed by atoms with van der Waals surface area (Å²) in [6, 6.07) is 0. The fourth-order valence-corrected chi connectivity index (χ4v) is 13.5. The van der Waals surface area contributed by atoms with E-state index in [9.17, 15) is 0 Å². The molecule has 68 heavy (non-hydrogen) atoms. The van der Waals surface area contributed by atoms with Gasteiger partial charge in [0.1, 0.15) is 0 Å². The van der Waals surface area contributed by atoms with E-state index in [0.29, 0.717) is 76.4 Å². The van der Waals surface area contributed by atoms with E-state index in [2.05, 4.69) is 76.8 Å². The van der Waals surface area contributed by atoms with Gasteiger partial charge in [0.2, 0.25) is 0 Å². The lowest BCUT2D eigenvalue weighted by molar-refractivity contribution is -0.0706. The Hall–Kier alpha value is -1.10. The Morgan fingerprint density at radius 1 is 0.676 bits per heavy atom. The van der Waals surface area contributed by atoms with Gasteiger partial charge in [0.05, 0.1) is 84.9 Å². The molecule has 0 N–H and O–H groups in total. The van der Waals surface area contributed by atoms with Gasteiger partial charge in [-0.15, -0.1) is 0 Å². The minimum absolute atomic E-state index is 0.0425. The third-order valence-corrected chi connectivity index (χ3v) is 17.5. The summed E-state index contributed by atoms with van der Waals surface area (Å²) in [5, 5.41) is 0. The Kier molecular flexibility index (Phi) is 28.6. The average Bonchev–Trinajstić information content (AvgIpc) is 3.70. The molecule has 4 aliphatic carbocycles. The highest BCUT2D eigenvalue weighted by molar-refractivity contribution is 5.25. The van der Waals surface area contributed by atoms with E-state index >= 15 is 0 Å². The molecule has 4 fully saturated rings. The van der Waals surface area contributed by atoms with Gasteiger partial charge in [-0.25, -0.2) is 0 Å². The van der Waals surface area contributed by atoms with Gasteiger partial charge in [0, 0.05) is 26.2 Å². The molecule has 8 nitrogen and oxygen atoms in total. The summed E-state index contributed by atoms with van der Waals surface area (Å²) in [4.78, 5) is 2.43. The predicted molar refractivity (Wildman–Crippen MR) is 282 cm³/mol. The average molecular weight is 955 g/mol. The topological polar surface area (TPSA) is 67.9 Å². The minimum atomic E-state index is 0.0425. The monoisotopic (exact) mass is 954 g/mol. The van der Waals surface area contributed by atoms with Gasteiger partial charge in [-0.1, -0.05) is 135 Å². The van der Waals surface area contributed by atoms with Gasteiger partial charge in [0.25, 0.3) is 0 Å². The highest BCUT2D eigenvalue weighted by atomic mass is 16.6. The Bertz CT molecular complexity index is 1380. The third-order valence-electron chi connectivity index (χ3n) is 17.5. The highest BCUT2D eigenvalue weighted by Gasteiger charge is 2.59. The smallest absolute Gasteiger partial charge is 0.0936 e. The fraction of sp³-hybridized carbons (Fsp3) is 0.900. The van der Waals surface area contributed by atoms with Crippen LogP contribution in [0.15, 0.2) is 36.0 Å². The predicted octanol–water partition coefficient (Wildman–Crippen LogP) is 14.0. The van der Waals surface area contributed by atoms with E-state index in [0.717, 1.165) is 94.2 Å². The van der Waals surface area contributed by atoms with Crippen molar-refractivity contribution in [2.45, 2.75) is 201 Å². The number of hydrogen-bond acceptors (Lipinski definition) is 8. The van der Waals surface area contributed by atoms with Crippen LogP contribution < -0.4 is 0 Å². The first-order valence-corrected chi connectivity index (χ1v) is 29.1. The molecule has 3 saturated carbocycles. The van der Waals surface area contributed by atoms with Crippen LogP contribution in [0.5, 0.6) is 0 Å². The summed E-state index contributed by atoms with van der Waals surface area (Å²) in [5.41, 5.74) is 2.65. The van der Waals surface area contributed by atoms with Crippen LogP contribution in [0.25, 0.3) is 0 Å². The number of allylic oxidation sites excluding steroid dienone is 5. The van der Waals surface area contributed by atoms with E-state index in [4.69, 9.17) is 33.2 Å². The summed E-state index contributed by atoms with van der Waals surface area (Å²) in [6.07, 6.45) is 42.5. The Balaban J connectivity index is 0.837. The molecule has 5 rings (SSSR count). The SMILES string of the molecule is CCCCC/C=C\C/C=C\CCCCCCCCOCC(CN1CCOCC1)OCCOCCOCCOCCO[C@H]1CC[C@@]2(C)C(=CC[C@H]3[C@@H]4CC[C@H]([C@H](C)CCCC(C)C)[C@@]4(C)CC[C@@H]32)C1. The first-order chi connectivity index (χ1) is 33.2. The van der Waals surface area contributed by atoms with Crippen LogP contribution in [0, 0.1) is 46.3 Å². The molecular formula is C60H107NO7. The Labute approximate surface area is 419 Å². The summed E-state index contributed by atoms with van der Waals surface area (Å²) >= 11 is 0. The van der Waals surface area contributed by atoms with Crippen molar-refractivity contribution < 1.29 is 33.2 Å². The zero-order chi connectivity index (χ0) is 48.1. The van der Waals surface area contributed by atoms with Crippen LogP contribution in [0.3, 0.4) is 0 Å². The molecule has 1 unspecified atom stereocenters. The fourth-order valence-electron chi connectivity index (χ4n) is 13.5. The van der Waals surface area contributed by atoms with Crippen molar-refractivity contribution in [3.05, 3.63) is 36.0 Å². The molecular weight excluding hydrogens is 847 g/mol. The van der Waals surface area contributed by atoms with Crippen LogP contribution in [-0.4, -0.2) is 116 Å². The molecule has 0 aromatic heterocycles. The van der Waals surface area contributed by atoms with Gasteiger partial charge >= 0.3 is 0 Å². The summed E-state index contributed by atoms with van der Waals surface area (Å²) in [6.45, 7) is 25.5. The maximum atomic E-state index is 6.44. The molecule has 0 aromatic carbocycles. The van der Waals surface area contributed by atoms with Crippen LogP contribution >= 0.6 is 0 Å². The van der Waals surface area contributed by atoms with Crippen molar-refractivity contribution in [2.75, 3.05) is 98.9 Å². The van der Waals surface area contributed by atoms with E-state index in [1.807, 2.05) is 0 Å². The van der Waals surface area contributed by atoms with Crippen molar-refractivity contribution in [1.29, 1.82) is 0 Å². The zero-order valence-corrected chi connectivity index (χ0v) is 45.2. The van der Waals surface area contributed by atoms with Gasteiger partial charge < -0.3 is 33.2 Å². The van der Waals surface area contributed by atoms with Crippen LogP contribution in [0.1, 0.15) is 189 Å². The minimum Gasteiger partial charge on any atom is -0.379 e. The second-order valence-electron chi connectivity index (χ2n) is 22.9. The number of nitrogens with zero attached hydrogens (tertiary/aromatic N) is 1. The number of fused-ring (bicyclic) bond motifs is 5. The summed E-state index contributed by atoms with van der Waals surface area (Å²) in [7, 11) is 0. The second kappa shape index (κ2) is 33.6. The van der Waals surface area contributed by atoms with Crippen molar-refractivity contribution in [2.24, 2.45) is 46.3 Å². The first-order valence-electron chi connectivity index (χ1n) is 29.1. The van der Waals surface area contributed by atoms with Gasteiger partial charge in [-0.3, -0.25) is 4.90 Å².